The molecule has 1 atom stereocenters. The average molecular weight is 294 g/mol. The van der Waals surface area contributed by atoms with Crippen LogP contribution in [0.4, 0.5) is 0 Å². The van der Waals surface area contributed by atoms with Crippen molar-refractivity contribution in [2.45, 2.75) is 65.5 Å². The van der Waals surface area contributed by atoms with Crippen molar-refractivity contribution in [1.29, 1.82) is 0 Å². The number of hydrogen-bond acceptors (Lipinski definition) is 3. The van der Waals surface area contributed by atoms with Gasteiger partial charge in [0.1, 0.15) is 12.2 Å². The molecule has 6 heteroatoms. The van der Waals surface area contributed by atoms with Crippen LogP contribution in [0.5, 0.6) is 0 Å². The quantitative estimate of drug-likeness (QED) is 0.415. The number of aromatic nitrogens is 3. The normalized spacial score (nSPS) is 13.2. The molecule has 0 aromatic carbocycles. The van der Waals surface area contributed by atoms with E-state index in [0.717, 1.165) is 31.3 Å². The van der Waals surface area contributed by atoms with E-state index in [2.05, 4.69) is 51.2 Å². The monoisotopic (exact) mass is 294 g/mol. The van der Waals surface area contributed by atoms with E-state index in [-0.39, 0.29) is 0 Å². The topological polar surface area (TPSA) is 67.1 Å². The van der Waals surface area contributed by atoms with Gasteiger partial charge in [0.05, 0.1) is 0 Å². The minimum absolute atomic E-state index is 0.448. The number of nitrogens with zero attached hydrogens (tertiary/aromatic N) is 4. The van der Waals surface area contributed by atoms with Gasteiger partial charge in [-0.05, 0) is 13.3 Å². The van der Waals surface area contributed by atoms with Crippen LogP contribution in [-0.4, -0.2) is 40.4 Å². The van der Waals surface area contributed by atoms with Gasteiger partial charge < -0.3 is 15.2 Å². The molecule has 120 valence electrons. The highest BCUT2D eigenvalue weighted by atomic mass is 15.3. The lowest BCUT2D eigenvalue weighted by molar-refractivity contribution is 0.543. The number of rotatable bonds is 9. The first-order chi connectivity index (χ1) is 10.2. The number of guanidine groups is 1. The number of nitrogens with one attached hydrogen (secondary N) is 2. The molecule has 21 heavy (non-hydrogen) atoms. The van der Waals surface area contributed by atoms with Crippen molar-refractivity contribution >= 4 is 5.96 Å². The summed E-state index contributed by atoms with van der Waals surface area (Å²) in [6.45, 7) is 8.19. The summed E-state index contributed by atoms with van der Waals surface area (Å²) in [6, 6.07) is 0.448. The molecule has 0 fully saturated rings. The number of aliphatic imine (C=N–C) groups is 1. The van der Waals surface area contributed by atoms with Gasteiger partial charge in [-0.3, -0.25) is 4.99 Å². The zero-order chi connectivity index (χ0) is 15.5. The molecule has 0 aliphatic rings. The first kappa shape index (κ1) is 17.5. The van der Waals surface area contributed by atoms with Gasteiger partial charge in [0, 0.05) is 32.6 Å². The van der Waals surface area contributed by atoms with Crippen molar-refractivity contribution in [3.8, 4) is 0 Å². The van der Waals surface area contributed by atoms with E-state index in [9.17, 15) is 0 Å². The highest BCUT2D eigenvalue weighted by molar-refractivity contribution is 5.79. The molecule has 1 rings (SSSR count). The van der Waals surface area contributed by atoms with Crippen molar-refractivity contribution in [2.24, 2.45) is 4.99 Å². The molecule has 2 N–H and O–H groups in total. The summed E-state index contributed by atoms with van der Waals surface area (Å²) in [5.74, 6) is 1.89. The van der Waals surface area contributed by atoms with Crippen LogP contribution in [-0.2, 0) is 13.0 Å². The number of aryl methyl sites for hydroxylation is 1. The fourth-order valence-corrected chi connectivity index (χ4v) is 2.23. The lowest BCUT2D eigenvalue weighted by Crippen LogP contribution is -2.43. The van der Waals surface area contributed by atoms with Crippen LogP contribution in [0.2, 0.25) is 0 Å². The van der Waals surface area contributed by atoms with Crippen LogP contribution < -0.4 is 10.6 Å². The Labute approximate surface area is 128 Å². The second-order valence-corrected chi connectivity index (χ2v) is 5.33. The van der Waals surface area contributed by atoms with E-state index < -0.39 is 0 Å². The van der Waals surface area contributed by atoms with E-state index in [1.165, 1.54) is 25.7 Å². The van der Waals surface area contributed by atoms with Gasteiger partial charge in [0.15, 0.2) is 5.96 Å². The molecular weight excluding hydrogens is 264 g/mol. The largest absolute Gasteiger partial charge is 0.355 e. The molecule has 0 saturated heterocycles. The molecule has 0 spiro atoms. The van der Waals surface area contributed by atoms with E-state index >= 15 is 0 Å². The summed E-state index contributed by atoms with van der Waals surface area (Å²) in [7, 11) is 1.81. The second kappa shape index (κ2) is 10.2. The molecule has 0 bridgehead atoms. The Morgan fingerprint density at radius 2 is 2.19 bits per heavy atom. The highest BCUT2D eigenvalue weighted by Gasteiger charge is 2.05. The molecule has 0 radical (unpaired) electrons. The lowest BCUT2D eigenvalue weighted by Gasteiger charge is -2.18. The molecule has 1 aromatic heterocycles. The van der Waals surface area contributed by atoms with Gasteiger partial charge in [-0.2, -0.15) is 0 Å². The zero-order valence-corrected chi connectivity index (χ0v) is 13.9. The Hall–Kier alpha value is -1.59. The maximum Gasteiger partial charge on any atom is 0.191 e. The Morgan fingerprint density at radius 1 is 1.38 bits per heavy atom. The summed E-state index contributed by atoms with van der Waals surface area (Å²) in [4.78, 5) is 4.27. The van der Waals surface area contributed by atoms with Crippen molar-refractivity contribution in [2.75, 3.05) is 13.6 Å². The minimum atomic E-state index is 0.448. The maximum atomic E-state index is 4.27. The van der Waals surface area contributed by atoms with Gasteiger partial charge in [-0.1, -0.05) is 33.1 Å². The minimum Gasteiger partial charge on any atom is -0.355 e. The average Bonchev–Trinajstić information content (AvgIpc) is 2.94. The molecule has 0 aliphatic carbocycles. The van der Waals surface area contributed by atoms with E-state index in [1.54, 1.807) is 6.33 Å². The van der Waals surface area contributed by atoms with Gasteiger partial charge in [0.2, 0.25) is 0 Å². The smallest absolute Gasteiger partial charge is 0.191 e. The second-order valence-electron chi connectivity index (χ2n) is 5.33. The number of hydrogen-bond donors (Lipinski definition) is 2. The van der Waals surface area contributed by atoms with Crippen molar-refractivity contribution in [1.82, 2.24) is 25.4 Å². The van der Waals surface area contributed by atoms with Gasteiger partial charge in [0.25, 0.3) is 0 Å². The van der Waals surface area contributed by atoms with E-state index in [4.69, 9.17) is 0 Å². The van der Waals surface area contributed by atoms with Crippen molar-refractivity contribution < 1.29 is 0 Å². The Morgan fingerprint density at radius 3 is 2.86 bits per heavy atom. The predicted molar refractivity (Wildman–Crippen MR) is 87.5 cm³/mol. The lowest BCUT2D eigenvalue weighted by atomic mass is 10.1. The fraction of sp³-hybridized carbons (Fsp3) is 0.800. The standard InChI is InChI=1S/C15H30N6/c1-5-7-8-9-13(3)19-15(16-4)17-10-11-21-12-18-20-14(21)6-2/h12-13H,5-11H2,1-4H3,(H2,16,17,19). The fourth-order valence-electron chi connectivity index (χ4n) is 2.23. The molecular formula is C15H30N6. The molecule has 0 saturated carbocycles. The summed E-state index contributed by atoms with van der Waals surface area (Å²) in [5, 5.41) is 14.8. The van der Waals surface area contributed by atoms with Crippen LogP contribution in [0.3, 0.4) is 0 Å². The SMILES string of the molecule is CCCCCC(C)NC(=NC)NCCn1cnnc1CC. The van der Waals surface area contributed by atoms with E-state index in [0.29, 0.717) is 6.04 Å². The third kappa shape index (κ3) is 6.60. The van der Waals surface area contributed by atoms with Crippen LogP contribution in [0, 0.1) is 0 Å². The summed E-state index contributed by atoms with van der Waals surface area (Å²) < 4.78 is 2.07. The Balaban J connectivity index is 2.28. The predicted octanol–water partition coefficient (Wildman–Crippen LogP) is 1.97. The molecule has 1 heterocycles. The highest BCUT2D eigenvalue weighted by Crippen LogP contribution is 2.02. The van der Waals surface area contributed by atoms with Crippen LogP contribution in [0.1, 0.15) is 52.3 Å². The van der Waals surface area contributed by atoms with Crippen molar-refractivity contribution in [3.63, 3.8) is 0 Å². The molecule has 0 aliphatic heterocycles. The van der Waals surface area contributed by atoms with Crippen LogP contribution in [0.15, 0.2) is 11.3 Å². The van der Waals surface area contributed by atoms with Gasteiger partial charge in [-0.25, -0.2) is 0 Å². The summed E-state index contributed by atoms with van der Waals surface area (Å²) >= 11 is 0. The Kier molecular flexibility index (Phi) is 8.47. The summed E-state index contributed by atoms with van der Waals surface area (Å²) in [5.41, 5.74) is 0. The zero-order valence-electron chi connectivity index (χ0n) is 13.9. The summed E-state index contributed by atoms with van der Waals surface area (Å²) in [6.07, 6.45) is 7.69. The van der Waals surface area contributed by atoms with Crippen LogP contribution in [0.25, 0.3) is 0 Å². The molecule has 1 unspecified atom stereocenters. The van der Waals surface area contributed by atoms with E-state index in [1.807, 2.05) is 7.05 Å². The molecule has 1 aromatic rings. The van der Waals surface area contributed by atoms with Gasteiger partial charge in [-0.15, -0.1) is 10.2 Å². The first-order valence-electron chi connectivity index (χ1n) is 8.05. The van der Waals surface area contributed by atoms with Crippen molar-refractivity contribution in [3.05, 3.63) is 12.2 Å². The Bertz CT molecular complexity index is 412. The molecule has 6 nitrogen and oxygen atoms in total. The van der Waals surface area contributed by atoms with Gasteiger partial charge >= 0.3 is 0 Å². The third-order valence-electron chi connectivity index (χ3n) is 3.50. The first-order valence-corrected chi connectivity index (χ1v) is 8.05. The molecule has 0 amide bonds. The number of unbranched alkanes of at least 4 members (excludes halogenated alkanes) is 2. The van der Waals surface area contributed by atoms with Crippen LogP contribution >= 0.6 is 0 Å². The maximum absolute atomic E-state index is 4.27. The third-order valence-corrected chi connectivity index (χ3v) is 3.50.